The summed E-state index contributed by atoms with van der Waals surface area (Å²) >= 11 is 0. The number of nitrogens with two attached hydrogens (primary N) is 1. The summed E-state index contributed by atoms with van der Waals surface area (Å²) in [5, 5.41) is 11.0. The number of anilines is 2. The van der Waals surface area contributed by atoms with E-state index >= 15 is 0 Å². The Bertz CT molecular complexity index is 3710. The van der Waals surface area contributed by atoms with Gasteiger partial charge in [-0.1, -0.05) is 72.8 Å². The van der Waals surface area contributed by atoms with Crippen molar-refractivity contribution in [3.8, 4) is 22.5 Å². The zero-order valence-corrected chi connectivity index (χ0v) is 44.4. The Morgan fingerprint density at radius 1 is 0.632 bits per heavy atom. The molecule has 8 aromatic rings. The first-order chi connectivity index (χ1) is 36.0. The van der Waals surface area contributed by atoms with Gasteiger partial charge >= 0.3 is 6.09 Å². The van der Waals surface area contributed by atoms with Gasteiger partial charge in [0.25, 0.3) is 20.0 Å². The Hall–Kier alpha value is -7.88. The SMILES string of the molecule is Cl.[C-]#[N+]c1cnc(N[C@@H]2CCCC(N)C2)nc1-c1cn(S(=O)(=O)c2ccccc2)c2ccccc12.[C-]#[N+]c1cnc(N[C@@H]2CCC[C@H](NC(=O)OC(C)(C)C)C2)nc1-c1cn(S(=O)(=O)c2ccccc2)c2ccccc12. The van der Waals surface area contributed by atoms with Crippen molar-refractivity contribution in [2.24, 2.45) is 5.73 Å². The first-order valence-electron chi connectivity index (χ1n) is 24.6. The van der Waals surface area contributed by atoms with Crippen LogP contribution in [-0.4, -0.2) is 80.6 Å². The van der Waals surface area contributed by atoms with Crippen molar-refractivity contribution in [3.05, 3.63) is 157 Å². The molecule has 0 spiro atoms. The maximum Gasteiger partial charge on any atom is 0.407 e. The molecule has 392 valence electrons. The van der Waals surface area contributed by atoms with Crippen LogP contribution in [0.4, 0.5) is 28.1 Å². The number of amides is 1. The van der Waals surface area contributed by atoms with Gasteiger partial charge < -0.3 is 26.4 Å². The Morgan fingerprint density at radius 3 is 1.50 bits per heavy atom. The summed E-state index contributed by atoms with van der Waals surface area (Å²) in [4.78, 5) is 37.9. The number of ether oxygens (including phenoxy) is 1. The van der Waals surface area contributed by atoms with E-state index in [-0.39, 0.29) is 57.7 Å². The third-order valence-corrected chi connectivity index (χ3v) is 16.4. The Kier molecular flexibility index (Phi) is 16.4. The maximum absolute atomic E-state index is 13.6. The third-order valence-electron chi connectivity index (χ3n) is 13.0. The molecule has 0 radical (unpaired) electrons. The van der Waals surface area contributed by atoms with Gasteiger partial charge in [-0.2, -0.15) is 0 Å². The smallest absolute Gasteiger partial charge is 0.407 e. The van der Waals surface area contributed by atoms with Gasteiger partial charge in [-0.25, -0.2) is 59.2 Å². The minimum atomic E-state index is -3.90. The van der Waals surface area contributed by atoms with Crippen LogP contribution < -0.4 is 21.7 Å². The van der Waals surface area contributed by atoms with Crippen LogP contribution in [0.15, 0.2) is 144 Å². The van der Waals surface area contributed by atoms with Gasteiger partial charge in [-0.3, -0.25) is 0 Å². The molecular weight excluding hydrogens is 1020 g/mol. The summed E-state index contributed by atoms with van der Waals surface area (Å²) in [6, 6.07) is 31.1. The van der Waals surface area contributed by atoms with Gasteiger partial charge in [0, 0.05) is 70.9 Å². The van der Waals surface area contributed by atoms with Crippen LogP contribution in [0.5, 0.6) is 0 Å². The van der Waals surface area contributed by atoms with Crippen molar-refractivity contribution in [3.63, 3.8) is 0 Å². The number of aromatic nitrogens is 6. The van der Waals surface area contributed by atoms with E-state index in [1.54, 1.807) is 91.1 Å². The molecule has 4 aromatic heterocycles. The van der Waals surface area contributed by atoms with Crippen LogP contribution in [0.25, 0.3) is 54.0 Å². The molecule has 2 fully saturated rings. The second-order valence-electron chi connectivity index (χ2n) is 19.5. The molecule has 1 amide bonds. The largest absolute Gasteiger partial charge is 0.444 e. The van der Waals surface area contributed by atoms with E-state index in [2.05, 4.69) is 40.6 Å². The van der Waals surface area contributed by atoms with Gasteiger partial charge in [0.05, 0.1) is 45.4 Å². The molecule has 4 heterocycles. The molecule has 4 atom stereocenters. The second kappa shape index (κ2) is 22.9. The average molecular weight is 1080 g/mol. The highest BCUT2D eigenvalue weighted by atomic mass is 35.5. The number of alkyl carbamates (subject to hydrolysis) is 1. The average Bonchev–Trinajstić information content (AvgIpc) is 4.02. The van der Waals surface area contributed by atoms with E-state index in [0.717, 1.165) is 44.9 Å². The van der Waals surface area contributed by atoms with Crippen LogP contribution in [0.1, 0.15) is 72.1 Å². The molecule has 1 unspecified atom stereocenters. The molecule has 0 bridgehead atoms. The van der Waals surface area contributed by atoms with Gasteiger partial charge in [0.15, 0.2) is 0 Å². The number of carbonyl (C=O) groups excluding carboxylic acids is 1. The third kappa shape index (κ3) is 12.0. The second-order valence-corrected chi connectivity index (χ2v) is 23.2. The van der Waals surface area contributed by atoms with Gasteiger partial charge in [-0.15, -0.1) is 12.4 Å². The fourth-order valence-corrected chi connectivity index (χ4v) is 12.4. The number of para-hydroxylation sites is 2. The van der Waals surface area contributed by atoms with E-state index in [1.165, 1.54) is 26.5 Å². The number of fused-ring (bicyclic) bond motifs is 2. The fraction of sp³-hybridized carbons (Fsp3) is 0.291. The van der Waals surface area contributed by atoms with Crippen molar-refractivity contribution in [2.75, 3.05) is 10.6 Å². The molecule has 4 aromatic carbocycles. The number of halogens is 1. The predicted molar refractivity (Wildman–Crippen MR) is 297 cm³/mol. The van der Waals surface area contributed by atoms with Crippen LogP contribution in [-0.2, 0) is 24.8 Å². The molecule has 2 saturated carbocycles. The number of carbonyl (C=O) groups is 1. The highest BCUT2D eigenvalue weighted by molar-refractivity contribution is 7.90. The van der Waals surface area contributed by atoms with E-state index < -0.39 is 31.7 Å². The summed E-state index contributed by atoms with van der Waals surface area (Å²) in [6.45, 7) is 20.9. The van der Waals surface area contributed by atoms with E-state index in [4.69, 9.17) is 28.6 Å². The van der Waals surface area contributed by atoms with Crippen LogP contribution in [0.3, 0.4) is 0 Å². The highest BCUT2D eigenvalue weighted by Gasteiger charge is 2.29. The van der Waals surface area contributed by atoms with Crippen molar-refractivity contribution in [1.29, 1.82) is 0 Å². The van der Waals surface area contributed by atoms with Gasteiger partial charge in [-0.05, 0) is 109 Å². The van der Waals surface area contributed by atoms with E-state index in [9.17, 15) is 21.6 Å². The van der Waals surface area contributed by atoms with E-state index in [0.29, 0.717) is 62.6 Å². The van der Waals surface area contributed by atoms with Crippen molar-refractivity contribution >= 4 is 83.6 Å². The lowest BCUT2D eigenvalue weighted by Gasteiger charge is -2.31. The fourth-order valence-electron chi connectivity index (χ4n) is 9.59. The molecule has 0 saturated heterocycles. The number of rotatable bonds is 11. The van der Waals surface area contributed by atoms with Crippen molar-refractivity contribution in [1.82, 2.24) is 33.2 Å². The minimum Gasteiger partial charge on any atom is -0.444 e. The van der Waals surface area contributed by atoms with Crippen molar-refractivity contribution in [2.45, 2.75) is 112 Å². The number of hydrogen-bond donors (Lipinski definition) is 4. The summed E-state index contributed by atoms with van der Waals surface area (Å²) in [7, 11) is -7.74. The number of benzene rings is 4. The Labute approximate surface area is 448 Å². The summed E-state index contributed by atoms with van der Waals surface area (Å²) in [6.07, 6.45) is 12.7. The number of nitrogens with one attached hydrogen (secondary N) is 3. The summed E-state index contributed by atoms with van der Waals surface area (Å²) < 4.78 is 62.0. The molecule has 0 aliphatic heterocycles. The van der Waals surface area contributed by atoms with Crippen LogP contribution >= 0.6 is 12.4 Å². The molecule has 76 heavy (non-hydrogen) atoms. The highest BCUT2D eigenvalue weighted by Crippen LogP contribution is 2.39. The summed E-state index contributed by atoms with van der Waals surface area (Å²) in [5.41, 5.74) is 8.83. The zero-order valence-electron chi connectivity index (χ0n) is 42.0. The lowest BCUT2D eigenvalue weighted by molar-refractivity contribution is 0.0491. The Morgan fingerprint density at radius 2 is 1.05 bits per heavy atom. The zero-order chi connectivity index (χ0) is 52.9. The van der Waals surface area contributed by atoms with Gasteiger partial charge in [0.1, 0.15) is 5.60 Å². The maximum atomic E-state index is 13.6. The molecule has 5 N–H and O–H groups in total. The summed E-state index contributed by atoms with van der Waals surface area (Å²) in [5.74, 6) is 0.738. The minimum absolute atomic E-state index is 0. The normalized spacial score (nSPS) is 17.7. The molecule has 18 nitrogen and oxygen atoms in total. The molecule has 21 heteroatoms. The first kappa shape index (κ1) is 54.4. The van der Waals surface area contributed by atoms with Crippen molar-refractivity contribution < 1.29 is 26.4 Å². The monoisotopic (exact) mass is 1080 g/mol. The molecule has 2 aliphatic carbocycles. The first-order valence-corrected chi connectivity index (χ1v) is 27.5. The predicted octanol–water partition coefficient (Wildman–Crippen LogP) is 11.1. The number of nitrogens with zero attached hydrogens (tertiary/aromatic N) is 8. The molecular formula is C55H57ClN12O6S2. The molecule has 2 aliphatic rings. The number of hydrogen-bond acceptors (Lipinski definition) is 13. The standard InChI is InChI=1S/C30H32N6O4S.C25H24N6O2S.ClH/c1-30(2,3)40-29(37)34-21-12-10-11-20(17-21)33-28-32-18-25(31-4)27(35-28)24-19-36(26-16-9-8-15-23(24)26)41(38,39)22-13-6-5-7-14-22;1-27-22-15-28-25(29-18-9-7-8-17(26)14-18)30-24(22)21-16-31(23-13-6-5-12-20(21)23)34(32,33)19-10-3-2-4-11-19;/h5-9,13-16,18-21H,10-12,17H2,1-3H3,(H,34,37)(H,32,33,35);2-6,10-13,15-18H,7-9,14,26H2,(H,28,29,30);1H/t20-,21+;17?,18-;/m11./s1. The van der Waals surface area contributed by atoms with E-state index in [1.807, 2.05) is 45.0 Å². The van der Waals surface area contributed by atoms with Gasteiger partial charge in [0.2, 0.25) is 23.3 Å². The molecule has 10 rings (SSSR count). The van der Waals surface area contributed by atoms with Crippen LogP contribution in [0, 0.1) is 13.1 Å². The Balaban J connectivity index is 0.000000202. The topological polar surface area (TPSA) is 227 Å². The lowest BCUT2D eigenvalue weighted by Crippen LogP contribution is -2.44. The quantitative estimate of drug-likeness (QED) is 0.0885. The lowest BCUT2D eigenvalue weighted by atomic mass is 9.91. The van der Waals surface area contributed by atoms with Crippen LogP contribution in [0.2, 0.25) is 0 Å².